The lowest BCUT2D eigenvalue weighted by molar-refractivity contribution is -0.139. The molecule has 1 aromatic carbocycles. The molecule has 1 unspecified atom stereocenters. The zero-order valence-corrected chi connectivity index (χ0v) is 14.7. The summed E-state index contributed by atoms with van der Waals surface area (Å²) < 4.78 is 13.4. The SMILES string of the molecule is CC1(C2CC2)NC(=O)N(CC(=O)N(Cc2cccc(F)c2)C2CC2)C1=O. The van der Waals surface area contributed by atoms with E-state index in [9.17, 15) is 18.8 Å². The highest BCUT2D eigenvalue weighted by molar-refractivity contribution is 6.09. The van der Waals surface area contributed by atoms with Gasteiger partial charge >= 0.3 is 6.03 Å². The third-order valence-electron chi connectivity index (χ3n) is 5.54. The minimum atomic E-state index is -0.885. The average Bonchev–Trinajstić information content (AvgIpc) is 3.47. The molecule has 0 aromatic heterocycles. The van der Waals surface area contributed by atoms with E-state index in [1.165, 1.54) is 12.1 Å². The minimum Gasteiger partial charge on any atom is -0.334 e. The van der Waals surface area contributed by atoms with Gasteiger partial charge in [-0.25, -0.2) is 9.18 Å². The lowest BCUT2D eigenvalue weighted by atomic mass is 9.96. The van der Waals surface area contributed by atoms with Crippen LogP contribution in [0.25, 0.3) is 0 Å². The second-order valence-corrected chi connectivity index (χ2v) is 7.68. The van der Waals surface area contributed by atoms with Crippen molar-refractivity contribution in [2.24, 2.45) is 5.92 Å². The van der Waals surface area contributed by atoms with E-state index in [0.717, 1.165) is 30.6 Å². The first-order valence-corrected chi connectivity index (χ1v) is 9.06. The molecule has 7 heteroatoms. The molecular formula is C19H22FN3O3. The van der Waals surface area contributed by atoms with Crippen molar-refractivity contribution in [3.63, 3.8) is 0 Å². The van der Waals surface area contributed by atoms with Gasteiger partial charge in [-0.2, -0.15) is 0 Å². The highest BCUT2D eigenvalue weighted by atomic mass is 19.1. The Labute approximate surface area is 151 Å². The van der Waals surface area contributed by atoms with Crippen LogP contribution in [0.5, 0.6) is 0 Å². The molecule has 2 saturated carbocycles. The third kappa shape index (κ3) is 3.06. The number of carbonyl (C=O) groups excluding carboxylic acids is 3. The van der Waals surface area contributed by atoms with Gasteiger partial charge in [0.2, 0.25) is 5.91 Å². The van der Waals surface area contributed by atoms with Crippen LogP contribution in [0.4, 0.5) is 9.18 Å². The highest BCUT2D eigenvalue weighted by Gasteiger charge is 2.56. The van der Waals surface area contributed by atoms with Crippen LogP contribution in [0.15, 0.2) is 24.3 Å². The van der Waals surface area contributed by atoms with Crippen LogP contribution in [0, 0.1) is 11.7 Å². The van der Waals surface area contributed by atoms with Crippen molar-refractivity contribution in [3.8, 4) is 0 Å². The molecule has 3 aliphatic rings. The van der Waals surface area contributed by atoms with Gasteiger partial charge in [-0.3, -0.25) is 14.5 Å². The predicted octanol–water partition coefficient (Wildman–Crippen LogP) is 2.04. The third-order valence-corrected chi connectivity index (χ3v) is 5.54. The summed E-state index contributed by atoms with van der Waals surface area (Å²) in [7, 11) is 0. The van der Waals surface area contributed by atoms with E-state index >= 15 is 0 Å². The molecule has 1 heterocycles. The Hall–Kier alpha value is -2.44. The zero-order chi connectivity index (χ0) is 18.5. The number of rotatable bonds is 6. The molecule has 138 valence electrons. The van der Waals surface area contributed by atoms with E-state index in [4.69, 9.17) is 0 Å². The molecule has 3 fully saturated rings. The van der Waals surface area contributed by atoms with Gasteiger partial charge in [0.25, 0.3) is 5.91 Å². The van der Waals surface area contributed by atoms with Gasteiger partial charge in [-0.05, 0) is 56.2 Å². The molecule has 1 atom stereocenters. The molecule has 0 spiro atoms. The Morgan fingerprint density at radius 1 is 1.31 bits per heavy atom. The molecule has 26 heavy (non-hydrogen) atoms. The fraction of sp³-hybridized carbons (Fsp3) is 0.526. The average molecular weight is 359 g/mol. The Kier molecular flexibility index (Phi) is 3.97. The summed E-state index contributed by atoms with van der Waals surface area (Å²) in [4.78, 5) is 40.4. The second-order valence-electron chi connectivity index (χ2n) is 7.68. The van der Waals surface area contributed by atoms with Crippen molar-refractivity contribution in [1.29, 1.82) is 0 Å². The van der Waals surface area contributed by atoms with Crippen LogP contribution < -0.4 is 5.32 Å². The van der Waals surface area contributed by atoms with Gasteiger partial charge < -0.3 is 10.2 Å². The molecule has 2 aliphatic carbocycles. The quantitative estimate of drug-likeness (QED) is 0.790. The van der Waals surface area contributed by atoms with Gasteiger partial charge in [0, 0.05) is 12.6 Å². The summed E-state index contributed by atoms with van der Waals surface area (Å²) >= 11 is 0. The van der Waals surface area contributed by atoms with E-state index in [1.807, 2.05) is 0 Å². The Bertz CT molecular complexity index is 775. The molecule has 6 nitrogen and oxygen atoms in total. The minimum absolute atomic E-state index is 0.0985. The zero-order valence-electron chi connectivity index (χ0n) is 14.7. The largest absolute Gasteiger partial charge is 0.334 e. The van der Waals surface area contributed by atoms with E-state index in [1.54, 1.807) is 24.0 Å². The van der Waals surface area contributed by atoms with Crippen LogP contribution in [0.1, 0.15) is 38.2 Å². The number of carbonyl (C=O) groups is 3. The molecule has 1 aromatic rings. The van der Waals surface area contributed by atoms with Gasteiger partial charge in [0.15, 0.2) is 0 Å². The fourth-order valence-corrected chi connectivity index (χ4v) is 3.66. The number of halogens is 1. The fourth-order valence-electron chi connectivity index (χ4n) is 3.66. The number of hydrogen-bond acceptors (Lipinski definition) is 3. The van der Waals surface area contributed by atoms with Gasteiger partial charge in [-0.1, -0.05) is 12.1 Å². The normalized spacial score (nSPS) is 25.4. The molecule has 0 radical (unpaired) electrons. The second kappa shape index (κ2) is 6.07. The van der Waals surface area contributed by atoms with E-state index < -0.39 is 11.6 Å². The Morgan fingerprint density at radius 2 is 2.04 bits per heavy atom. The van der Waals surface area contributed by atoms with Crippen molar-refractivity contribution in [2.75, 3.05) is 6.54 Å². The number of imide groups is 1. The monoisotopic (exact) mass is 359 g/mol. The maximum atomic E-state index is 13.4. The van der Waals surface area contributed by atoms with Gasteiger partial charge in [0.1, 0.15) is 17.9 Å². The van der Waals surface area contributed by atoms with E-state index in [2.05, 4.69) is 5.32 Å². The van der Waals surface area contributed by atoms with Crippen LogP contribution in [-0.2, 0) is 16.1 Å². The van der Waals surface area contributed by atoms with Crippen LogP contribution in [0.3, 0.4) is 0 Å². The first-order valence-electron chi connectivity index (χ1n) is 9.06. The van der Waals surface area contributed by atoms with Crippen molar-refractivity contribution in [2.45, 2.75) is 50.7 Å². The highest BCUT2D eigenvalue weighted by Crippen LogP contribution is 2.42. The topological polar surface area (TPSA) is 69.7 Å². The Balaban J connectivity index is 1.47. The molecule has 1 aliphatic heterocycles. The first-order chi connectivity index (χ1) is 12.4. The molecule has 1 saturated heterocycles. The molecule has 0 bridgehead atoms. The molecule has 4 amide bonds. The maximum absolute atomic E-state index is 13.4. The molecule has 1 N–H and O–H groups in total. The van der Waals surface area contributed by atoms with Crippen LogP contribution >= 0.6 is 0 Å². The van der Waals surface area contributed by atoms with E-state index in [-0.39, 0.29) is 42.7 Å². The summed E-state index contributed by atoms with van der Waals surface area (Å²) in [6, 6.07) is 5.74. The van der Waals surface area contributed by atoms with Crippen molar-refractivity contribution >= 4 is 17.8 Å². The summed E-state index contributed by atoms with van der Waals surface area (Å²) in [5.41, 5.74) is -0.185. The number of nitrogens with one attached hydrogen (secondary N) is 1. The van der Waals surface area contributed by atoms with E-state index in [0.29, 0.717) is 5.56 Å². The summed E-state index contributed by atoms with van der Waals surface area (Å²) in [6.45, 7) is 1.75. The van der Waals surface area contributed by atoms with Gasteiger partial charge in [0.05, 0.1) is 0 Å². The number of nitrogens with zero attached hydrogens (tertiary/aromatic N) is 2. The standard InChI is InChI=1S/C19H22FN3O3/c1-19(13-5-6-13)17(25)23(18(26)21-19)11-16(24)22(15-7-8-15)10-12-3-2-4-14(20)9-12/h2-4,9,13,15H,5-8,10-11H2,1H3,(H,21,26). The summed E-state index contributed by atoms with van der Waals surface area (Å²) in [5.74, 6) is -0.786. The smallest absolute Gasteiger partial charge is 0.325 e. The van der Waals surface area contributed by atoms with Crippen molar-refractivity contribution in [3.05, 3.63) is 35.6 Å². The van der Waals surface area contributed by atoms with Crippen molar-refractivity contribution < 1.29 is 18.8 Å². The number of urea groups is 1. The predicted molar refractivity (Wildman–Crippen MR) is 91.3 cm³/mol. The first kappa shape index (κ1) is 17.0. The molecular weight excluding hydrogens is 337 g/mol. The lowest BCUT2D eigenvalue weighted by Gasteiger charge is -2.25. The summed E-state index contributed by atoms with van der Waals surface area (Å²) in [5, 5.41) is 2.76. The van der Waals surface area contributed by atoms with Crippen LogP contribution in [-0.4, -0.2) is 45.8 Å². The Morgan fingerprint density at radius 3 is 2.65 bits per heavy atom. The van der Waals surface area contributed by atoms with Crippen molar-refractivity contribution in [1.82, 2.24) is 15.1 Å². The van der Waals surface area contributed by atoms with Gasteiger partial charge in [-0.15, -0.1) is 0 Å². The number of amides is 4. The molecule has 4 rings (SSSR count). The number of hydrogen-bond donors (Lipinski definition) is 1. The summed E-state index contributed by atoms with van der Waals surface area (Å²) in [6.07, 6.45) is 3.61. The number of benzene rings is 1. The van der Waals surface area contributed by atoms with Crippen LogP contribution in [0.2, 0.25) is 0 Å². The maximum Gasteiger partial charge on any atom is 0.325 e. The lowest BCUT2D eigenvalue weighted by Crippen LogP contribution is -2.47.